The number of aliphatic hydroxyl groups is 3. The zero-order valence-electron chi connectivity index (χ0n) is 43.7. The number of Topliss-reactive ketones (excluding diaryl/α,β-unsaturated/α-hetero) is 1. The number of benzene rings is 1. The third kappa shape index (κ3) is 12.1. The molecule has 4 fully saturated rings. The first kappa shape index (κ1) is 56.6. The molecular weight excluding hydrogens is 927 g/mol. The van der Waals surface area contributed by atoms with Crippen LogP contribution in [0.1, 0.15) is 101 Å². The summed E-state index contributed by atoms with van der Waals surface area (Å²) in [6, 6.07) is 5.46. The summed E-state index contributed by atoms with van der Waals surface area (Å²) in [7, 11) is 4.90. The Morgan fingerprint density at radius 2 is 1.62 bits per heavy atom. The third-order valence-electron chi connectivity index (χ3n) is 15.8. The number of esters is 1. The van der Waals surface area contributed by atoms with Crippen molar-refractivity contribution < 1.29 is 72.5 Å². The number of aromatic nitrogens is 3. The highest BCUT2D eigenvalue weighted by molar-refractivity contribution is 5.85. The molecule has 4 saturated heterocycles. The van der Waals surface area contributed by atoms with E-state index in [1.165, 1.54) is 33.3 Å². The molecule has 2 bridgehead atoms. The van der Waals surface area contributed by atoms with E-state index in [4.69, 9.17) is 42.6 Å². The van der Waals surface area contributed by atoms with Gasteiger partial charge >= 0.3 is 5.97 Å². The van der Waals surface area contributed by atoms with E-state index >= 15 is 0 Å². The number of methoxy groups -OCH3 is 2. The summed E-state index contributed by atoms with van der Waals surface area (Å²) in [4.78, 5) is 41.4. The first-order valence-electron chi connectivity index (χ1n) is 25.1. The number of carbonyl (C=O) groups is 2. The second-order valence-corrected chi connectivity index (χ2v) is 20.9. The number of hydrogen-bond acceptors (Lipinski definition) is 19. The Balaban J connectivity index is 1.26. The molecule has 21 heteroatoms. The Morgan fingerprint density at radius 1 is 0.944 bits per heavy atom. The maximum absolute atomic E-state index is 14.5. The third-order valence-corrected chi connectivity index (χ3v) is 15.8. The van der Waals surface area contributed by atoms with Crippen molar-refractivity contribution in [2.24, 2.45) is 23.7 Å². The van der Waals surface area contributed by atoms with Gasteiger partial charge in [0.15, 0.2) is 12.6 Å². The molecule has 19 atom stereocenters. The molecule has 71 heavy (non-hydrogen) atoms. The molecule has 3 N–H and O–H groups in total. The van der Waals surface area contributed by atoms with Gasteiger partial charge in [0, 0.05) is 88.7 Å². The molecule has 4 aliphatic rings. The molecule has 2 aromatic rings. The van der Waals surface area contributed by atoms with E-state index in [9.17, 15) is 35.0 Å². The summed E-state index contributed by atoms with van der Waals surface area (Å²) in [6.45, 7) is 18.8. The summed E-state index contributed by atoms with van der Waals surface area (Å²) < 4.78 is 59.5. The SMILES string of the molecule is CC[C@H]1OC(=O)[C@H](C)[C@@H](O[C@H]2C[C@@](C)(OC)[C@@H](O)[C@H](C)O2)[C@H](C)[C@@H](O[C@@H]2O[C@H](C)C[C@H](N(C)CCc3cn(CCCOc4ccc([N+](=O)[O-])cc4)nn3)[C@H]2O)[C@](C)(OC)C2O[C@H]([C@@H](C)C(=O)[C@@H]2C)[C@]1(C)O. The number of likely N-dealkylation sites (N-methyl/N-ethyl adjacent to an activating group) is 1. The van der Waals surface area contributed by atoms with Gasteiger partial charge in [-0.05, 0) is 73.6 Å². The molecule has 5 heterocycles. The van der Waals surface area contributed by atoms with Crippen LogP contribution in [0.2, 0.25) is 0 Å². The lowest BCUT2D eigenvalue weighted by atomic mass is 9.69. The predicted octanol–water partition coefficient (Wildman–Crippen LogP) is 4.04. The van der Waals surface area contributed by atoms with E-state index in [0.717, 1.165) is 5.69 Å². The second kappa shape index (κ2) is 23.2. The molecule has 0 amide bonds. The van der Waals surface area contributed by atoms with Crippen LogP contribution in [0.4, 0.5) is 5.69 Å². The van der Waals surface area contributed by atoms with Gasteiger partial charge in [-0.3, -0.25) is 24.4 Å². The topological polar surface area (TPSA) is 255 Å². The number of non-ortho nitro benzene ring substituents is 1. The quantitative estimate of drug-likeness (QED) is 0.0875. The number of aliphatic hydroxyl groups excluding tert-OH is 2. The molecule has 0 spiro atoms. The number of rotatable bonds is 17. The number of nitro benzene ring substituents is 1. The Labute approximate surface area is 417 Å². The van der Waals surface area contributed by atoms with Gasteiger partial charge in [0.1, 0.15) is 41.0 Å². The van der Waals surface area contributed by atoms with Crippen LogP contribution in [-0.4, -0.2) is 177 Å². The Bertz CT molecular complexity index is 2100. The smallest absolute Gasteiger partial charge is 0.311 e. The average molecular weight is 1010 g/mol. The van der Waals surface area contributed by atoms with Gasteiger partial charge < -0.3 is 62.9 Å². The number of ketones is 1. The Hall–Kier alpha value is -3.74. The number of carbonyl (C=O) groups excluding carboxylic acids is 2. The van der Waals surface area contributed by atoms with Gasteiger partial charge in [-0.1, -0.05) is 32.9 Å². The van der Waals surface area contributed by atoms with Crippen LogP contribution < -0.4 is 4.74 Å². The number of nitro groups is 1. The highest BCUT2D eigenvalue weighted by Gasteiger charge is 2.61. The minimum Gasteiger partial charge on any atom is -0.494 e. The van der Waals surface area contributed by atoms with Crippen LogP contribution in [-0.2, 0) is 60.4 Å². The van der Waals surface area contributed by atoms with Crippen molar-refractivity contribution in [3.63, 3.8) is 0 Å². The lowest BCUT2D eigenvalue weighted by molar-refractivity contribution is -0.384. The van der Waals surface area contributed by atoms with E-state index in [1.807, 2.05) is 32.0 Å². The maximum atomic E-state index is 14.5. The van der Waals surface area contributed by atoms with Gasteiger partial charge in [-0.25, -0.2) is 0 Å². The number of ether oxygens (including phenoxy) is 9. The average Bonchev–Trinajstić information content (AvgIpc) is 3.80. The zero-order valence-corrected chi connectivity index (χ0v) is 43.7. The van der Waals surface area contributed by atoms with Crippen molar-refractivity contribution >= 4 is 17.4 Å². The van der Waals surface area contributed by atoms with Gasteiger partial charge in [-0.15, -0.1) is 5.10 Å². The number of cyclic esters (lactones) is 1. The fourth-order valence-electron chi connectivity index (χ4n) is 11.2. The standard InChI is InChI=1S/C50H79N5O16/c1-14-37-49(9,60)43-28(3)39(56)29(4)44(70-43)50(10,64-13)45(30(5)41(31(6)46(59)68-37)69-38-25-48(8,63-12)42(58)32(7)67-38)71-47-40(57)36(24-27(2)66-47)53(11)22-20-33-26-54(52-51-33)21-15-23-65-35-18-16-34(17-19-35)55(61)62/h16-19,26-32,36-38,40-45,47,57-58,60H,14-15,20-25H2,1-13H3/t27-,28+,29+,30+,31-,32+,36+,37-,38+,40-,41+,42+,43-,44?,45-,47+,48-,49-,50-/m1/s1. The minimum absolute atomic E-state index is 0.00735. The predicted molar refractivity (Wildman–Crippen MR) is 255 cm³/mol. The normalized spacial score (nSPS) is 40.4. The van der Waals surface area contributed by atoms with Crippen molar-refractivity contribution in [2.45, 2.75) is 198 Å². The van der Waals surface area contributed by atoms with Crippen LogP contribution in [0.5, 0.6) is 5.75 Å². The second-order valence-electron chi connectivity index (χ2n) is 20.9. The summed E-state index contributed by atoms with van der Waals surface area (Å²) in [5.41, 5.74) is -3.69. The number of nitrogens with zero attached hydrogens (tertiary/aromatic N) is 5. The van der Waals surface area contributed by atoms with Crippen molar-refractivity contribution in [3.05, 3.63) is 46.3 Å². The Morgan fingerprint density at radius 3 is 2.25 bits per heavy atom. The lowest BCUT2D eigenvalue weighted by Crippen LogP contribution is -2.69. The molecule has 21 nitrogen and oxygen atoms in total. The van der Waals surface area contributed by atoms with Crippen molar-refractivity contribution in [1.82, 2.24) is 19.9 Å². The fraction of sp³-hybridized carbons (Fsp3) is 0.800. The minimum atomic E-state index is -1.83. The monoisotopic (exact) mass is 1010 g/mol. The van der Waals surface area contributed by atoms with Crippen molar-refractivity contribution in [1.29, 1.82) is 0 Å². The first-order valence-corrected chi connectivity index (χ1v) is 25.1. The van der Waals surface area contributed by atoms with Gasteiger partial charge in [0.2, 0.25) is 0 Å². The van der Waals surface area contributed by atoms with Gasteiger partial charge in [0.25, 0.3) is 5.69 Å². The van der Waals surface area contributed by atoms with Crippen LogP contribution in [0.15, 0.2) is 30.5 Å². The van der Waals surface area contributed by atoms with E-state index in [0.29, 0.717) is 44.7 Å². The largest absolute Gasteiger partial charge is 0.494 e. The highest BCUT2D eigenvalue weighted by Crippen LogP contribution is 2.46. The number of aryl methyl sites for hydroxylation is 1. The molecule has 6 rings (SSSR count). The van der Waals surface area contributed by atoms with E-state index in [-0.39, 0.29) is 24.3 Å². The highest BCUT2D eigenvalue weighted by atomic mass is 16.7. The molecule has 0 radical (unpaired) electrons. The molecule has 0 aliphatic carbocycles. The summed E-state index contributed by atoms with van der Waals surface area (Å²) >= 11 is 0. The fourth-order valence-corrected chi connectivity index (χ4v) is 11.2. The van der Waals surface area contributed by atoms with Crippen LogP contribution in [0, 0.1) is 33.8 Å². The molecule has 400 valence electrons. The number of fused-ring (bicyclic) bond motifs is 2. The van der Waals surface area contributed by atoms with Crippen LogP contribution in [0.3, 0.4) is 0 Å². The van der Waals surface area contributed by atoms with E-state index < -0.39 is 125 Å². The summed E-state index contributed by atoms with van der Waals surface area (Å²) in [6.07, 6.45) is -7.18. The molecule has 4 aliphatic heterocycles. The summed E-state index contributed by atoms with van der Waals surface area (Å²) in [5, 5.41) is 55.4. The zero-order chi connectivity index (χ0) is 52.3. The maximum Gasteiger partial charge on any atom is 0.311 e. The molecule has 0 saturated carbocycles. The summed E-state index contributed by atoms with van der Waals surface area (Å²) in [5.74, 6) is -3.70. The van der Waals surface area contributed by atoms with E-state index in [1.54, 1.807) is 65.3 Å². The van der Waals surface area contributed by atoms with Crippen molar-refractivity contribution in [2.75, 3.05) is 34.4 Å². The molecule has 1 aromatic carbocycles. The molecule has 1 unspecified atom stereocenters. The van der Waals surface area contributed by atoms with Crippen molar-refractivity contribution in [3.8, 4) is 5.75 Å². The first-order chi connectivity index (χ1) is 33.4. The van der Waals surface area contributed by atoms with E-state index in [2.05, 4.69) is 10.3 Å². The van der Waals surface area contributed by atoms with Crippen LogP contribution >= 0.6 is 0 Å². The molecular formula is C50H79N5O16. The lowest BCUT2D eigenvalue weighted by Gasteiger charge is -2.55. The van der Waals surface area contributed by atoms with Crippen LogP contribution in [0.25, 0.3) is 0 Å². The Kier molecular flexibility index (Phi) is 18.5. The molecule has 1 aromatic heterocycles. The van der Waals surface area contributed by atoms with Gasteiger partial charge in [0.05, 0.1) is 65.4 Å². The number of hydrogen-bond donors (Lipinski definition) is 3. The van der Waals surface area contributed by atoms with Gasteiger partial charge in [-0.2, -0.15) is 0 Å².